The summed E-state index contributed by atoms with van der Waals surface area (Å²) in [6.45, 7) is 6.94. The van der Waals surface area contributed by atoms with Crippen molar-refractivity contribution in [1.29, 1.82) is 0 Å². The Kier molecular flexibility index (Phi) is 6.93. The molecule has 168 valence electrons. The number of aromatic amines is 1. The monoisotopic (exact) mass is 429 g/mol. The van der Waals surface area contributed by atoms with Gasteiger partial charge in [0.2, 0.25) is 5.91 Å². The normalized spacial score (nSPS) is 19.5. The van der Waals surface area contributed by atoms with Gasteiger partial charge in [-0.25, -0.2) is 9.78 Å². The first-order chi connectivity index (χ1) is 14.7. The Hall–Kier alpha value is -2.96. The zero-order valence-electron chi connectivity index (χ0n) is 18.5. The van der Waals surface area contributed by atoms with Crippen molar-refractivity contribution in [3.63, 3.8) is 0 Å². The van der Waals surface area contributed by atoms with Gasteiger partial charge in [0.15, 0.2) is 11.5 Å². The highest BCUT2D eigenvalue weighted by molar-refractivity contribution is 5.76. The Balaban J connectivity index is 1.46. The number of hydrogen-bond acceptors (Lipinski definition) is 7. The lowest BCUT2D eigenvalue weighted by Crippen LogP contribution is -2.39. The molecule has 3 heterocycles. The number of amides is 2. The SMILES string of the molecule is C#CCCC1(CCC(=O)N2CCCC(c3n[nH]c(CNC(=O)OC(C)(C)C)n3)C2)N=N1. The maximum atomic E-state index is 12.7. The number of terminal acetylenes is 1. The Morgan fingerprint density at radius 2 is 2.13 bits per heavy atom. The van der Waals surface area contributed by atoms with E-state index in [0.29, 0.717) is 43.9 Å². The summed E-state index contributed by atoms with van der Waals surface area (Å²) in [6.07, 6.45) is 8.95. The summed E-state index contributed by atoms with van der Waals surface area (Å²) in [5, 5.41) is 18.0. The van der Waals surface area contributed by atoms with Crippen molar-refractivity contribution in [1.82, 2.24) is 25.4 Å². The van der Waals surface area contributed by atoms with Crippen LogP contribution in [0.15, 0.2) is 10.2 Å². The van der Waals surface area contributed by atoms with Crippen molar-refractivity contribution in [2.24, 2.45) is 10.2 Å². The molecule has 1 aromatic heterocycles. The lowest BCUT2D eigenvalue weighted by Gasteiger charge is -2.31. The molecule has 2 aliphatic heterocycles. The van der Waals surface area contributed by atoms with Crippen LogP contribution in [0.4, 0.5) is 4.79 Å². The van der Waals surface area contributed by atoms with E-state index >= 15 is 0 Å². The Labute approximate surface area is 182 Å². The first-order valence-corrected chi connectivity index (χ1v) is 10.7. The number of carbonyl (C=O) groups excluding carboxylic acids is 2. The number of carbonyl (C=O) groups is 2. The van der Waals surface area contributed by atoms with Gasteiger partial charge in [0.25, 0.3) is 0 Å². The Morgan fingerprint density at radius 1 is 1.35 bits per heavy atom. The van der Waals surface area contributed by atoms with E-state index in [2.05, 4.69) is 36.6 Å². The van der Waals surface area contributed by atoms with E-state index in [1.807, 2.05) is 4.90 Å². The number of nitrogens with one attached hydrogen (secondary N) is 2. The van der Waals surface area contributed by atoms with Gasteiger partial charge in [-0.1, -0.05) is 0 Å². The van der Waals surface area contributed by atoms with Crippen LogP contribution in [0.25, 0.3) is 0 Å². The molecule has 1 atom stereocenters. The van der Waals surface area contributed by atoms with Crippen LogP contribution in [-0.2, 0) is 16.1 Å². The number of likely N-dealkylation sites (tertiary alicyclic amines) is 1. The molecule has 0 spiro atoms. The summed E-state index contributed by atoms with van der Waals surface area (Å²) in [5.41, 5.74) is -0.992. The van der Waals surface area contributed by atoms with E-state index in [1.165, 1.54) is 0 Å². The summed E-state index contributed by atoms with van der Waals surface area (Å²) in [6, 6.07) is 0. The number of nitrogens with zero attached hydrogens (tertiary/aromatic N) is 5. The van der Waals surface area contributed by atoms with E-state index in [4.69, 9.17) is 11.2 Å². The molecule has 1 fully saturated rings. The van der Waals surface area contributed by atoms with E-state index in [1.54, 1.807) is 20.8 Å². The van der Waals surface area contributed by atoms with Crippen molar-refractivity contribution in [3.8, 4) is 12.3 Å². The number of H-pyrrole nitrogens is 1. The summed E-state index contributed by atoms with van der Waals surface area (Å²) in [7, 11) is 0. The van der Waals surface area contributed by atoms with Crippen LogP contribution in [0.5, 0.6) is 0 Å². The van der Waals surface area contributed by atoms with E-state index < -0.39 is 17.4 Å². The standard InChI is InChI=1S/C21H31N7O3/c1-5-6-10-21(26-27-21)11-9-17(29)28-12-7-8-15(14-28)18-23-16(24-25-18)13-22-19(30)31-20(2,3)4/h1,15H,6-14H2,2-4H3,(H,22,30)(H,23,24,25). The number of ether oxygens (including phenoxy) is 1. The minimum absolute atomic E-state index is 0.0647. The molecule has 10 heteroatoms. The molecule has 2 N–H and O–H groups in total. The van der Waals surface area contributed by atoms with Crippen LogP contribution in [-0.4, -0.2) is 56.4 Å². The maximum absolute atomic E-state index is 12.7. The summed E-state index contributed by atoms with van der Waals surface area (Å²) in [5.74, 6) is 3.99. The van der Waals surface area contributed by atoms with Crippen LogP contribution in [0.1, 0.15) is 76.9 Å². The molecule has 2 amide bonds. The first-order valence-electron chi connectivity index (χ1n) is 10.7. The molecule has 0 radical (unpaired) electrons. The second kappa shape index (κ2) is 9.45. The molecule has 0 aliphatic carbocycles. The van der Waals surface area contributed by atoms with Gasteiger partial charge in [0.05, 0.1) is 6.54 Å². The average molecular weight is 430 g/mol. The predicted molar refractivity (Wildman–Crippen MR) is 113 cm³/mol. The molecule has 1 aromatic rings. The Morgan fingerprint density at radius 3 is 2.81 bits per heavy atom. The molecular formula is C21H31N7O3. The smallest absolute Gasteiger partial charge is 0.408 e. The number of aromatic nitrogens is 3. The minimum atomic E-state index is -0.558. The van der Waals surface area contributed by atoms with Gasteiger partial charge in [-0.05, 0) is 33.6 Å². The van der Waals surface area contributed by atoms with Crippen molar-refractivity contribution in [3.05, 3.63) is 11.6 Å². The van der Waals surface area contributed by atoms with Crippen molar-refractivity contribution < 1.29 is 14.3 Å². The quantitative estimate of drug-likeness (QED) is 0.615. The van der Waals surface area contributed by atoms with E-state index in [-0.39, 0.29) is 18.4 Å². The Bertz CT molecular complexity index is 859. The van der Waals surface area contributed by atoms with Crippen LogP contribution in [0.2, 0.25) is 0 Å². The van der Waals surface area contributed by atoms with Crippen LogP contribution >= 0.6 is 0 Å². The molecule has 2 aliphatic rings. The fourth-order valence-electron chi connectivity index (χ4n) is 3.59. The molecule has 0 saturated carbocycles. The second-order valence-corrected chi connectivity index (χ2v) is 9.06. The predicted octanol–water partition coefficient (Wildman–Crippen LogP) is 2.89. The van der Waals surface area contributed by atoms with Gasteiger partial charge < -0.3 is 15.0 Å². The van der Waals surface area contributed by atoms with Gasteiger partial charge >= 0.3 is 6.09 Å². The number of alkyl carbamates (subject to hydrolysis) is 1. The van der Waals surface area contributed by atoms with Gasteiger partial charge in [-0.3, -0.25) is 9.89 Å². The first kappa shape index (κ1) is 22.7. The minimum Gasteiger partial charge on any atom is -0.444 e. The van der Waals surface area contributed by atoms with E-state index in [9.17, 15) is 9.59 Å². The van der Waals surface area contributed by atoms with Crippen LogP contribution < -0.4 is 5.32 Å². The molecule has 1 unspecified atom stereocenters. The third kappa shape index (κ3) is 6.77. The molecule has 31 heavy (non-hydrogen) atoms. The highest BCUT2D eigenvalue weighted by Crippen LogP contribution is 2.38. The fraction of sp³-hybridized carbons (Fsp3) is 0.714. The fourth-order valence-corrected chi connectivity index (χ4v) is 3.59. The summed E-state index contributed by atoms with van der Waals surface area (Å²) >= 11 is 0. The average Bonchev–Trinajstić information content (AvgIpc) is 3.33. The van der Waals surface area contributed by atoms with Crippen molar-refractivity contribution >= 4 is 12.0 Å². The van der Waals surface area contributed by atoms with Crippen LogP contribution in [0, 0.1) is 12.3 Å². The van der Waals surface area contributed by atoms with Gasteiger partial charge in [0, 0.05) is 44.7 Å². The summed E-state index contributed by atoms with van der Waals surface area (Å²) in [4.78, 5) is 30.9. The third-order valence-electron chi connectivity index (χ3n) is 5.28. The van der Waals surface area contributed by atoms with Gasteiger partial charge in [-0.15, -0.1) is 12.3 Å². The highest BCUT2D eigenvalue weighted by atomic mass is 16.6. The molecule has 10 nitrogen and oxygen atoms in total. The van der Waals surface area contributed by atoms with Crippen molar-refractivity contribution in [2.75, 3.05) is 13.1 Å². The topological polar surface area (TPSA) is 125 Å². The largest absolute Gasteiger partial charge is 0.444 e. The lowest BCUT2D eigenvalue weighted by atomic mass is 9.96. The highest BCUT2D eigenvalue weighted by Gasteiger charge is 2.40. The zero-order valence-corrected chi connectivity index (χ0v) is 18.5. The maximum Gasteiger partial charge on any atom is 0.408 e. The molecular weight excluding hydrogens is 398 g/mol. The summed E-state index contributed by atoms with van der Waals surface area (Å²) < 4.78 is 5.22. The van der Waals surface area contributed by atoms with Crippen molar-refractivity contribution in [2.45, 2.75) is 83.0 Å². The number of hydrogen-bond donors (Lipinski definition) is 2. The molecule has 1 saturated heterocycles. The third-order valence-corrected chi connectivity index (χ3v) is 5.28. The molecule has 0 aromatic carbocycles. The zero-order chi connectivity index (χ0) is 22.5. The number of rotatable bonds is 8. The lowest BCUT2D eigenvalue weighted by molar-refractivity contribution is -0.132. The van der Waals surface area contributed by atoms with Gasteiger partial charge in [0.1, 0.15) is 11.4 Å². The molecule has 3 rings (SSSR count). The van der Waals surface area contributed by atoms with E-state index in [0.717, 1.165) is 19.4 Å². The second-order valence-electron chi connectivity index (χ2n) is 9.06. The molecule has 0 bridgehead atoms. The van der Waals surface area contributed by atoms with Gasteiger partial charge in [-0.2, -0.15) is 15.3 Å². The van der Waals surface area contributed by atoms with Crippen LogP contribution in [0.3, 0.4) is 0 Å². The number of piperidine rings is 1.